The summed E-state index contributed by atoms with van der Waals surface area (Å²) in [6.07, 6.45) is -0.0989. The second-order valence-electron chi connectivity index (χ2n) is 4.62. The van der Waals surface area contributed by atoms with E-state index in [0.29, 0.717) is 0 Å². The van der Waals surface area contributed by atoms with Crippen LogP contribution in [0.25, 0.3) is 0 Å². The predicted molar refractivity (Wildman–Crippen MR) is 80.4 cm³/mol. The summed E-state index contributed by atoms with van der Waals surface area (Å²) in [4.78, 5) is 36.1. The minimum atomic E-state index is -1.12. The van der Waals surface area contributed by atoms with Gasteiger partial charge < -0.3 is 20.5 Å². The van der Waals surface area contributed by atoms with Crippen LogP contribution in [-0.4, -0.2) is 47.9 Å². The first-order chi connectivity index (χ1) is 10.5. The fourth-order valence-electron chi connectivity index (χ4n) is 1.97. The van der Waals surface area contributed by atoms with Crippen LogP contribution in [0.1, 0.15) is 6.42 Å². The van der Waals surface area contributed by atoms with Crippen LogP contribution in [-0.2, 0) is 19.1 Å². The van der Waals surface area contributed by atoms with E-state index in [0.717, 1.165) is 10.6 Å². The molecule has 7 nitrogen and oxygen atoms in total. The smallest absolute Gasteiger partial charge is 0.330 e. The number of benzene rings is 1. The molecule has 0 spiro atoms. The first kappa shape index (κ1) is 16.3. The Hall–Kier alpha value is -2.06. The van der Waals surface area contributed by atoms with Gasteiger partial charge in [0.1, 0.15) is 0 Å². The predicted octanol–water partition coefficient (Wildman–Crippen LogP) is 0.140. The van der Waals surface area contributed by atoms with E-state index in [1.807, 2.05) is 18.2 Å². The number of amides is 2. The van der Waals surface area contributed by atoms with Crippen molar-refractivity contribution in [2.24, 2.45) is 0 Å². The third kappa shape index (κ3) is 3.77. The Kier molecular flexibility index (Phi) is 5.40. The molecule has 1 aromatic rings. The first-order valence-corrected chi connectivity index (χ1v) is 7.47. The minimum absolute atomic E-state index is 0.0989. The topological polar surface area (TPSA) is 105 Å². The highest BCUT2D eigenvalue weighted by Crippen LogP contribution is 2.36. The van der Waals surface area contributed by atoms with Gasteiger partial charge in [-0.15, -0.1) is 11.8 Å². The zero-order valence-electron chi connectivity index (χ0n) is 11.9. The molecule has 0 radical (unpaired) electrons. The molecule has 118 valence electrons. The van der Waals surface area contributed by atoms with Crippen molar-refractivity contribution in [3.63, 3.8) is 0 Å². The molecule has 0 unspecified atom stereocenters. The maximum absolute atomic E-state index is 12.0. The van der Waals surface area contributed by atoms with Crippen molar-refractivity contribution in [1.29, 1.82) is 0 Å². The fourth-order valence-corrected chi connectivity index (χ4v) is 3.08. The van der Waals surface area contributed by atoms with Gasteiger partial charge in [0.2, 0.25) is 11.8 Å². The van der Waals surface area contributed by atoms with Crippen LogP contribution in [0.4, 0.5) is 5.69 Å². The third-order valence-electron chi connectivity index (χ3n) is 3.08. The standard InChI is InChI=1S/C14H16N2O5S/c1-21-14(20)9(7-17)15-12(18)6-11-13(19)16-8-4-2-3-5-10(8)22-11/h2-5,9,11,17H,6-7H2,1H3,(H,15,18)(H,16,19)/t9-,11-/m0/s1. The number of anilines is 1. The third-order valence-corrected chi connectivity index (χ3v) is 4.36. The van der Waals surface area contributed by atoms with E-state index in [1.165, 1.54) is 18.9 Å². The Morgan fingerprint density at radius 1 is 1.45 bits per heavy atom. The van der Waals surface area contributed by atoms with Crippen LogP contribution in [0.5, 0.6) is 0 Å². The molecule has 2 atom stereocenters. The molecule has 0 saturated carbocycles. The molecular weight excluding hydrogens is 308 g/mol. The number of esters is 1. The van der Waals surface area contributed by atoms with Gasteiger partial charge >= 0.3 is 5.97 Å². The van der Waals surface area contributed by atoms with Crippen molar-refractivity contribution in [2.75, 3.05) is 19.0 Å². The van der Waals surface area contributed by atoms with E-state index in [2.05, 4.69) is 15.4 Å². The lowest BCUT2D eigenvalue weighted by molar-refractivity contribution is -0.146. The summed E-state index contributed by atoms with van der Waals surface area (Å²) in [6.45, 7) is -0.564. The van der Waals surface area contributed by atoms with Gasteiger partial charge in [-0.05, 0) is 12.1 Å². The number of aliphatic hydroxyl groups excluding tert-OH is 1. The van der Waals surface area contributed by atoms with E-state index in [-0.39, 0.29) is 12.3 Å². The monoisotopic (exact) mass is 324 g/mol. The zero-order valence-corrected chi connectivity index (χ0v) is 12.7. The van der Waals surface area contributed by atoms with Crippen LogP contribution >= 0.6 is 11.8 Å². The lowest BCUT2D eigenvalue weighted by Crippen LogP contribution is -2.45. The molecule has 0 bridgehead atoms. The first-order valence-electron chi connectivity index (χ1n) is 6.59. The molecule has 0 saturated heterocycles. The molecule has 1 aliphatic rings. The van der Waals surface area contributed by atoms with E-state index in [1.54, 1.807) is 6.07 Å². The molecule has 1 heterocycles. The van der Waals surface area contributed by atoms with Crippen LogP contribution in [0.15, 0.2) is 29.2 Å². The molecule has 3 N–H and O–H groups in total. The van der Waals surface area contributed by atoms with Crippen molar-refractivity contribution < 1.29 is 24.2 Å². The van der Waals surface area contributed by atoms with Gasteiger partial charge in [-0.2, -0.15) is 0 Å². The van der Waals surface area contributed by atoms with E-state index >= 15 is 0 Å². The molecule has 22 heavy (non-hydrogen) atoms. The maximum Gasteiger partial charge on any atom is 0.330 e. The molecule has 1 aliphatic heterocycles. The van der Waals surface area contributed by atoms with E-state index < -0.39 is 29.8 Å². The highest BCUT2D eigenvalue weighted by molar-refractivity contribution is 8.01. The SMILES string of the molecule is COC(=O)[C@H](CO)NC(=O)C[C@@H]1Sc2ccccc2NC1=O. The lowest BCUT2D eigenvalue weighted by Gasteiger charge is -2.24. The Bertz CT molecular complexity index is 592. The Labute approximate surface area is 131 Å². The average Bonchev–Trinajstić information content (AvgIpc) is 2.52. The number of aliphatic hydroxyl groups is 1. The van der Waals surface area contributed by atoms with Crippen LogP contribution in [0.3, 0.4) is 0 Å². The molecular formula is C14H16N2O5S. The van der Waals surface area contributed by atoms with Gasteiger partial charge in [0.05, 0.1) is 24.7 Å². The Balaban J connectivity index is 1.97. The van der Waals surface area contributed by atoms with Gasteiger partial charge in [-0.1, -0.05) is 12.1 Å². The van der Waals surface area contributed by atoms with Crippen molar-refractivity contribution in [2.45, 2.75) is 22.6 Å². The summed E-state index contributed by atoms with van der Waals surface area (Å²) >= 11 is 1.29. The highest BCUT2D eigenvalue weighted by Gasteiger charge is 2.30. The number of hydrogen-bond donors (Lipinski definition) is 3. The summed E-state index contributed by atoms with van der Waals surface area (Å²) in [5.74, 6) is -1.50. The minimum Gasteiger partial charge on any atom is -0.467 e. The Morgan fingerprint density at radius 3 is 2.86 bits per heavy atom. The van der Waals surface area contributed by atoms with Gasteiger partial charge in [-0.25, -0.2) is 4.79 Å². The van der Waals surface area contributed by atoms with Gasteiger partial charge in [0.15, 0.2) is 6.04 Å². The number of carbonyl (C=O) groups is 3. The van der Waals surface area contributed by atoms with Crippen molar-refractivity contribution in [1.82, 2.24) is 5.32 Å². The molecule has 0 aliphatic carbocycles. The molecule has 1 aromatic carbocycles. The van der Waals surface area contributed by atoms with Gasteiger partial charge in [0, 0.05) is 11.3 Å². The Morgan fingerprint density at radius 2 is 2.18 bits per heavy atom. The normalized spacial score (nSPS) is 17.9. The number of rotatable bonds is 5. The number of methoxy groups -OCH3 is 1. The average molecular weight is 324 g/mol. The maximum atomic E-state index is 12.0. The number of nitrogens with one attached hydrogen (secondary N) is 2. The summed E-state index contributed by atoms with van der Waals surface area (Å²) < 4.78 is 4.46. The number of thioether (sulfide) groups is 1. The molecule has 2 rings (SSSR count). The van der Waals surface area contributed by atoms with Crippen LogP contribution in [0, 0.1) is 0 Å². The largest absolute Gasteiger partial charge is 0.467 e. The van der Waals surface area contributed by atoms with E-state index in [9.17, 15) is 14.4 Å². The van der Waals surface area contributed by atoms with Gasteiger partial charge in [0.25, 0.3) is 0 Å². The number of para-hydroxylation sites is 1. The zero-order chi connectivity index (χ0) is 16.1. The number of ether oxygens (including phenoxy) is 1. The van der Waals surface area contributed by atoms with Crippen molar-refractivity contribution in [3.8, 4) is 0 Å². The molecule has 0 fully saturated rings. The number of carbonyl (C=O) groups excluding carboxylic acids is 3. The fraction of sp³-hybridized carbons (Fsp3) is 0.357. The summed E-state index contributed by atoms with van der Waals surface area (Å²) in [7, 11) is 1.17. The van der Waals surface area contributed by atoms with Crippen molar-refractivity contribution >= 4 is 35.2 Å². The van der Waals surface area contributed by atoms with Gasteiger partial charge in [-0.3, -0.25) is 9.59 Å². The van der Waals surface area contributed by atoms with Crippen molar-refractivity contribution in [3.05, 3.63) is 24.3 Å². The quantitative estimate of drug-likeness (QED) is 0.666. The van der Waals surface area contributed by atoms with Crippen LogP contribution < -0.4 is 10.6 Å². The second kappa shape index (κ2) is 7.28. The summed E-state index contributed by atoms with van der Waals surface area (Å²) in [6, 6.07) is 6.18. The summed E-state index contributed by atoms with van der Waals surface area (Å²) in [5, 5.41) is 13.6. The lowest BCUT2D eigenvalue weighted by atomic mass is 10.2. The second-order valence-corrected chi connectivity index (χ2v) is 5.87. The van der Waals surface area contributed by atoms with E-state index in [4.69, 9.17) is 5.11 Å². The summed E-state index contributed by atoms with van der Waals surface area (Å²) in [5.41, 5.74) is 0.719. The highest BCUT2D eigenvalue weighted by atomic mass is 32.2. The molecule has 2 amide bonds. The molecule has 0 aromatic heterocycles. The number of fused-ring (bicyclic) bond motifs is 1. The molecule has 8 heteroatoms. The number of hydrogen-bond acceptors (Lipinski definition) is 6. The van der Waals surface area contributed by atoms with Crippen LogP contribution in [0.2, 0.25) is 0 Å².